The summed E-state index contributed by atoms with van der Waals surface area (Å²) in [6.45, 7) is 1.76. The maximum absolute atomic E-state index is 15.2. The molecular formula is C32H24ClF2N7O6. The quantitative estimate of drug-likeness (QED) is 0.192. The van der Waals surface area contributed by atoms with Crippen molar-refractivity contribution < 1.29 is 33.3 Å². The lowest BCUT2D eigenvalue weighted by molar-refractivity contribution is -0.134. The molecule has 4 N–H and O–H groups in total. The molecule has 0 amide bonds. The van der Waals surface area contributed by atoms with E-state index in [0.717, 1.165) is 0 Å². The Morgan fingerprint density at radius 3 is 2.29 bits per heavy atom. The summed E-state index contributed by atoms with van der Waals surface area (Å²) in [6.07, 6.45) is 2.36. The standard InChI is InChI=1S/C28H20ClF2N7O2.C4H4O4/c1-14(26-35-18-10-6-9-17(29)20(18)28(39)37(26)15-7-4-3-5-8-15)38-27-21(25(32)33-13-34-27)24(36-38)16-11-12-19(40-2)23(31)22(16)30;5-3(6)1-2-4(7)8/h3-14H,1-2H3,(H2,32,33,34);1-2H,(H,5,6)(H,7,8)/b;2-1-/t14-;/m0./s1. The summed E-state index contributed by atoms with van der Waals surface area (Å²) < 4.78 is 37.7. The minimum Gasteiger partial charge on any atom is -0.494 e. The van der Waals surface area contributed by atoms with Crippen molar-refractivity contribution in [1.29, 1.82) is 0 Å². The highest BCUT2D eigenvalue weighted by atomic mass is 35.5. The Morgan fingerprint density at radius 1 is 0.958 bits per heavy atom. The van der Waals surface area contributed by atoms with Gasteiger partial charge in [0.15, 0.2) is 17.2 Å². The molecule has 0 fully saturated rings. The molecule has 244 valence electrons. The zero-order chi connectivity index (χ0) is 34.7. The Bertz CT molecular complexity index is 2280. The van der Waals surface area contributed by atoms with Crippen molar-refractivity contribution in [3.8, 4) is 22.7 Å². The fourth-order valence-corrected chi connectivity index (χ4v) is 5.14. The lowest BCUT2D eigenvalue weighted by Crippen LogP contribution is -2.27. The fourth-order valence-electron chi connectivity index (χ4n) is 4.89. The summed E-state index contributed by atoms with van der Waals surface area (Å²) in [5.41, 5.74) is 6.87. The van der Waals surface area contributed by atoms with Gasteiger partial charge < -0.3 is 20.7 Å². The number of para-hydroxylation sites is 1. The summed E-state index contributed by atoms with van der Waals surface area (Å²) >= 11 is 6.41. The molecule has 3 aromatic carbocycles. The Morgan fingerprint density at radius 2 is 1.65 bits per heavy atom. The average molecular weight is 676 g/mol. The Hall–Kier alpha value is -6.22. The number of fused-ring (bicyclic) bond motifs is 2. The number of carboxylic acid groups (broad SMARTS) is 2. The van der Waals surface area contributed by atoms with E-state index in [0.29, 0.717) is 29.2 Å². The van der Waals surface area contributed by atoms with Gasteiger partial charge in [0.2, 0.25) is 5.82 Å². The molecule has 0 unspecified atom stereocenters. The molecule has 16 heteroatoms. The lowest BCUT2D eigenvalue weighted by atomic mass is 10.1. The number of aromatic nitrogens is 6. The van der Waals surface area contributed by atoms with E-state index in [4.69, 9.17) is 37.3 Å². The van der Waals surface area contributed by atoms with Gasteiger partial charge in [-0.2, -0.15) is 9.49 Å². The van der Waals surface area contributed by atoms with Crippen LogP contribution in [0.1, 0.15) is 18.8 Å². The van der Waals surface area contributed by atoms with E-state index in [1.807, 2.05) is 6.07 Å². The maximum Gasteiger partial charge on any atom is 0.328 e. The van der Waals surface area contributed by atoms with Gasteiger partial charge in [0.05, 0.1) is 34.1 Å². The van der Waals surface area contributed by atoms with Crippen LogP contribution >= 0.6 is 11.6 Å². The van der Waals surface area contributed by atoms with Crippen molar-refractivity contribution in [3.63, 3.8) is 0 Å². The minimum absolute atomic E-state index is 0.0211. The molecule has 0 aliphatic carbocycles. The van der Waals surface area contributed by atoms with Crippen LogP contribution in [0.4, 0.5) is 14.6 Å². The summed E-state index contributed by atoms with van der Waals surface area (Å²) in [5, 5.41) is 21.0. The van der Waals surface area contributed by atoms with E-state index in [1.165, 1.54) is 34.8 Å². The SMILES string of the molecule is COc1ccc(-c2nn([C@@H](C)c3nc4cccc(Cl)c4c(=O)n3-c3ccccc3)c3ncnc(N)c23)c(F)c1F.O=C(O)/C=C\C(=O)O. The van der Waals surface area contributed by atoms with Crippen molar-refractivity contribution >= 4 is 51.3 Å². The molecule has 48 heavy (non-hydrogen) atoms. The molecule has 6 rings (SSSR count). The average Bonchev–Trinajstić information content (AvgIpc) is 3.46. The first-order valence-corrected chi connectivity index (χ1v) is 14.2. The predicted molar refractivity (Wildman–Crippen MR) is 172 cm³/mol. The van der Waals surface area contributed by atoms with Crippen molar-refractivity contribution in [2.45, 2.75) is 13.0 Å². The van der Waals surface area contributed by atoms with E-state index >= 15 is 4.39 Å². The van der Waals surface area contributed by atoms with E-state index in [1.54, 1.807) is 49.4 Å². The number of nitrogens with zero attached hydrogens (tertiary/aromatic N) is 6. The zero-order valence-electron chi connectivity index (χ0n) is 25.0. The topological polar surface area (TPSA) is 188 Å². The van der Waals surface area contributed by atoms with Crippen LogP contribution in [0.3, 0.4) is 0 Å². The Labute approximate surface area is 274 Å². The molecule has 0 saturated heterocycles. The van der Waals surface area contributed by atoms with Crippen LogP contribution in [-0.4, -0.2) is 58.6 Å². The number of nitrogen functional groups attached to an aromatic ring is 1. The van der Waals surface area contributed by atoms with Gasteiger partial charge >= 0.3 is 11.9 Å². The monoisotopic (exact) mass is 675 g/mol. The first kappa shape index (κ1) is 33.2. The Kier molecular flexibility index (Phi) is 9.42. The molecule has 6 aromatic rings. The number of anilines is 1. The third-order valence-corrected chi connectivity index (χ3v) is 7.35. The van der Waals surface area contributed by atoms with Crippen molar-refractivity contribution in [2.24, 2.45) is 0 Å². The van der Waals surface area contributed by atoms with Crippen LogP contribution in [0.25, 0.3) is 38.9 Å². The number of halogens is 3. The number of carboxylic acids is 2. The van der Waals surface area contributed by atoms with Crippen LogP contribution in [0.15, 0.2) is 83.9 Å². The first-order chi connectivity index (χ1) is 22.9. The highest BCUT2D eigenvalue weighted by Gasteiger charge is 2.28. The smallest absolute Gasteiger partial charge is 0.328 e. The second-order valence-corrected chi connectivity index (χ2v) is 10.4. The predicted octanol–water partition coefficient (Wildman–Crippen LogP) is 5.04. The Balaban J connectivity index is 0.000000503. The molecule has 3 heterocycles. The van der Waals surface area contributed by atoms with Crippen LogP contribution in [0.5, 0.6) is 5.75 Å². The van der Waals surface area contributed by atoms with Gasteiger partial charge in [-0.25, -0.2) is 33.6 Å². The van der Waals surface area contributed by atoms with Crippen LogP contribution < -0.4 is 16.0 Å². The highest BCUT2D eigenvalue weighted by Crippen LogP contribution is 2.36. The van der Waals surface area contributed by atoms with Gasteiger partial charge in [0, 0.05) is 17.7 Å². The van der Waals surface area contributed by atoms with Gasteiger partial charge in [-0.15, -0.1) is 0 Å². The number of carbonyl (C=O) groups is 2. The van der Waals surface area contributed by atoms with E-state index in [-0.39, 0.29) is 49.8 Å². The van der Waals surface area contributed by atoms with Gasteiger partial charge in [-0.05, 0) is 43.3 Å². The largest absolute Gasteiger partial charge is 0.494 e. The lowest BCUT2D eigenvalue weighted by Gasteiger charge is -2.19. The molecule has 1 atom stereocenters. The molecule has 13 nitrogen and oxygen atoms in total. The second-order valence-electron chi connectivity index (χ2n) is 9.96. The second kappa shape index (κ2) is 13.6. The van der Waals surface area contributed by atoms with Gasteiger partial charge in [-0.3, -0.25) is 9.36 Å². The van der Waals surface area contributed by atoms with Crippen LogP contribution in [0.2, 0.25) is 5.02 Å². The minimum atomic E-state index is -1.26. The maximum atomic E-state index is 15.2. The van der Waals surface area contributed by atoms with E-state index in [9.17, 15) is 18.8 Å². The summed E-state index contributed by atoms with van der Waals surface area (Å²) in [6, 6.07) is 15.9. The van der Waals surface area contributed by atoms with Gasteiger partial charge in [-0.1, -0.05) is 35.9 Å². The third kappa shape index (κ3) is 6.26. The van der Waals surface area contributed by atoms with Crippen molar-refractivity contribution in [2.75, 3.05) is 12.8 Å². The molecule has 0 saturated carbocycles. The zero-order valence-corrected chi connectivity index (χ0v) is 25.8. The number of aliphatic carboxylic acids is 2. The van der Waals surface area contributed by atoms with E-state index in [2.05, 4.69) is 15.1 Å². The molecule has 0 bridgehead atoms. The van der Waals surface area contributed by atoms with Crippen molar-refractivity contribution in [3.05, 3.63) is 112 Å². The molecule has 0 aliphatic heterocycles. The van der Waals surface area contributed by atoms with Crippen LogP contribution in [-0.2, 0) is 9.59 Å². The number of hydrogen-bond donors (Lipinski definition) is 3. The van der Waals surface area contributed by atoms with Gasteiger partial charge in [0.25, 0.3) is 5.56 Å². The fraction of sp³-hybridized carbons (Fsp3) is 0.0938. The normalized spacial score (nSPS) is 11.8. The number of benzene rings is 3. The number of rotatable bonds is 7. The molecular weight excluding hydrogens is 652 g/mol. The summed E-state index contributed by atoms with van der Waals surface area (Å²) in [7, 11) is 1.24. The number of nitrogens with two attached hydrogens (primary N) is 1. The number of ether oxygens (including phenoxy) is 1. The number of methoxy groups -OCH3 is 1. The van der Waals surface area contributed by atoms with Crippen molar-refractivity contribution in [1.82, 2.24) is 29.3 Å². The molecule has 0 radical (unpaired) electrons. The highest BCUT2D eigenvalue weighted by molar-refractivity contribution is 6.35. The van der Waals surface area contributed by atoms with Gasteiger partial charge in [0.1, 0.15) is 29.7 Å². The number of hydrogen-bond acceptors (Lipinski definition) is 9. The molecule has 0 aliphatic rings. The van der Waals surface area contributed by atoms with Crippen LogP contribution in [0, 0.1) is 11.6 Å². The first-order valence-electron chi connectivity index (χ1n) is 13.9. The third-order valence-electron chi connectivity index (χ3n) is 7.04. The summed E-state index contributed by atoms with van der Waals surface area (Å²) in [4.78, 5) is 46.2. The molecule has 3 aromatic heterocycles. The van der Waals surface area contributed by atoms with E-state index < -0.39 is 29.6 Å². The summed E-state index contributed by atoms with van der Waals surface area (Å²) in [5.74, 6) is -4.78. The molecule has 0 spiro atoms.